The van der Waals surface area contributed by atoms with Crippen LogP contribution in [-0.2, 0) is 4.79 Å². The molecule has 1 atom stereocenters. The summed E-state index contributed by atoms with van der Waals surface area (Å²) in [4.78, 5) is 13.2. The predicted octanol–water partition coefficient (Wildman–Crippen LogP) is 5.75. The predicted molar refractivity (Wildman–Crippen MR) is 113 cm³/mol. The lowest BCUT2D eigenvalue weighted by Crippen LogP contribution is -2.33. The topological polar surface area (TPSA) is 49.3 Å². The zero-order valence-electron chi connectivity index (χ0n) is 16.1. The number of fused-ring (bicyclic) bond motifs is 3. The van der Waals surface area contributed by atoms with E-state index in [2.05, 4.69) is 49.5 Å². The van der Waals surface area contributed by atoms with E-state index >= 15 is 0 Å². The molecular formula is C25H23NO2. The van der Waals surface area contributed by atoms with Crippen LogP contribution in [0.15, 0.2) is 71.9 Å². The molecule has 0 fully saturated rings. The summed E-state index contributed by atoms with van der Waals surface area (Å²) >= 11 is 0. The molecule has 3 nitrogen and oxygen atoms in total. The average molecular weight is 369 g/mol. The molecule has 3 aromatic carbocycles. The first kappa shape index (κ1) is 17.1. The van der Waals surface area contributed by atoms with Gasteiger partial charge in [0.2, 0.25) is 0 Å². The molecule has 0 spiro atoms. The number of ketones is 1. The first-order valence-corrected chi connectivity index (χ1v) is 9.77. The van der Waals surface area contributed by atoms with E-state index in [9.17, 15) is 9.90 Å². The number of hydrogen-bond donors (Lipinski definition) is 2. The van der Waals surface area contributed by atoms with E-state index in [1.165, 1.54) is 10.8 Å². The highest BCUT2D eigenvalue weighted by atomic mass is 16.3. The van der Waals surface area contributed by atoms with Crippen molar-refractivity contribution in [2.75, 3.05) is 5.32 Å². The number of carbonyl (C=O) groups excluding carboxylic acids is 1. The molecule has 1 aliphatic carbocycles. The Kier molecular flexibility index (Phi) is 3.63. The number of allylic oxidation sites excluding steroid dienone is 2. The number of carbonyl (C=O) groups is 1. The quantitative estimate of drug-likeness (QED) is 0.574. The van der Waals surface area contributed by atoms with Crippen molar-refractivity contribution in [3.63, 3.8) is 0 Å². The maximum absolute atomic E-state index is 13.2. The Bertz CT molecular complexity index is 1140. The number of benzene rings is 3. The number of anilines is 1. The van der Waals surface area contributed by atoms with Gasteiger partial charge < -0.3 is 10.4 Å². The fourth-order valence-electron chi connectivity index (χ4n) is 4.77. The molecule has 2 aliphatic rings. The van der Waals surface area contributed by atoms with Gasteiger partial charge in [-0.05, 0) is 40.5 Å². The molecule has 0 radical (unpaired) electrons. The summed E-state index contributed by atoms with van der Waals surface area (Å²) in [5.74, 6) is 0.345. The van der Waals surface area contributed by atoms with Crippen LogP contribution in [0.25, 0.3) is 10.8 Å². The lowest BCUT2D eigenvalue weighted by molar-refractivity contribution is -0.118. The van der Waals surface area contributed by atoms with Gasteiger partial charge in [-0.1, -0.05) is 62.4 Å². The highest BCUT2D eigenvalue weighted by molar-refractivity contribution is 6.05. The van der Waals surface area contributed by atoms with Gasteiger partial charge in [-0.3, -0.25) is 4.79 Å². The molecule has 1 heterocycles. The first-order valence-electron chi connectivity index (χ1n) is 9.77. The highest BCUT2D eigenvalue weighted by Gasteiger charge is 2.40. The van der Waals surface area contributed by atoms with Crippen molar-refractivity contribution in [3.8, 4) is 5.75 Å². The van der Waals surface area contributed by atoms with E-state index in [1.807, 2.05) is 18.2 Å². The molecule has 3 aromatic rings. The highest BCUT2D eigenvalue weighted by Crippen LogP contribution is 2.50. The zero-order valence-corrected chi connectivity index (χ0v) is 16.1. The van der Waals surface area contributed by atoms with Crippen LogP contribution in [0.5, 0.6) is 5.75 Å². The van der Waals surface area contributed by atoms with Crippen molar-refractivity contribution >= 4 is 22.2 Å². The molecular weight excluding hydrogens is 346 g/mol. The summed E-state index contributed by atoms with van der Waals surface area (Å²) in [5, 5.41) is 15.8. The van der Waals surface area contributed by atoms with Gasteiger partial charge in [-0.25, -0.2) is 0 Å². The Balaban J connectivity index is 1.79. The fourth-order valence-corrected chi connectivity index (χ4v) is 4.77. The summed E-state index contributed by atoms with van der Waals surface area (Å²) < 4.78 is 0. The minimum Gasteiger partial charge on any atom is -0.508 e. The lowest BCUT2D eigenvalue weighted by atomic mass is 9.68. The van der Waals surface area contributed by atoms with Crippen LogP contribution in [0, 0.1) is 5.41 Å². The van der Waals surface area contributed by atoms with Gasteiger partial charge in [-0.2, -0.15) is 0 Å². The minimum atomic E-state index is -0.111. The fraction of sp³-hybridized carbons (Fsp3) is 0.240. The van der Waals surface area contributed by atoms with E-state index in [0.29, 0.717) is 6.42 Å². The molecule has 5 rings (SSSR count). The first-order chi connectivity index (χ1) is 13.4. The number of phenolic OH excluding ortho intramolecular Hbond substituents is 1. The van der Waals surface area contributed by atoms with Crippen LogP contribution in [0.3, 0.4) is 0 Å². The molecule has 0 bridgehead atoms. The molecule has 1 aliphatic heterocycles. The second-order valence-electron chi connectivity index (χ2n) is 8.73. The van der Waals surface area contributed by atoms with E-state index in [4.69, 9.17) is 0 Å². The minimum absolute atomic E-state index is 0.0511. The Morgan fingerprint density at radius 1 is 0.964 bits per heavy atom. The summed E-state index contributed by atoms with van der Waals surface area (Å²) in [6.45, 7) is 4.31. The molecule has 0 unspecified atom stereocenters. The molecule has 0 aromatic heterocycles. The summed E-state index contributed by atoms with van der Waals surface area (Å²) in [6.07, 6.45) is 1.41. The maximum atomic E-state index is 13.2. The third-order valence-electron chi connectivity index (χ3n) is 5.98. The molecule has 140 valence electrons. The second-order valence-corrected chi connectivity index (χ2v) is 8.73. The average Bonchev–Trinajstić information content (AvgIpc) is 2.66. The van der Waals surface area contributed by atoms with E-state index in [1.54, 1.807) is 12.1 Å². The Morgan fingerprint density at radius 3 is 2.50 bits per heavy atom. The van der Waals surface area contributed by atoms with Gasteiger partial charge in [0.15, 0.2) is 5.78 Å². The molecule has 3 heteroatoms. The molecule has 0 saturated heterocycles. The standard InChI is InChI=1S/C25H23NO2/c1-25(2)13-20-23(21(28)14-25)22(16-7-10-17(27)11-8-16)19-12-9-15-5-3-4-6-18(15)24(19)26-20/h3-12,22,26-27H,13-14H2,1-2H3/t22-/m1/s1. The van der Waals surface area contributed by atoms with Crippen molar-refractivity contribution in [2.24, 2.45) is 5.41 Å². The lowest BCUT2D eigenvalue weighted by Gasteiger charge is -2.40. The Morgan fingerprint density at radius 2 is 1.71 bits per heavy atom. The molecule has 0 amide bonds. The van der Waals surface area contributed by atoms with Crippen LogP contribution < -0.4 is 5.32 Å². The van der Waals surface area contributed by atoms with Crippen LogP contribution in [0.2, 0.25) is 0 Å². The number of aromatic hydroxyl groups is 1. The van der Waals surface area contributed by atoms with Crippen LogP contribution in [0.4, 0.5) is 5.69 Å². The Hall–Kier alpha value is -3.07. The molecule has 2 N–H and O–H groups in total. The van der Waals surface area contributed by atoms with Crippen molar-refractivity contribution in [3.05, 3.63) is 83.1 Å². The van der Waals surface area contributed by atoms with Crippen molar-refractivity contribution in [2.45, 2.75) is 32.6 Å². The number of phenols is 1. The number of hydrogen-bond acceptors (Lipinski definition) is 3. The smallest absolute Gasteiger partial charge is 0.162 e. The third kappa shape index (κ3) is 2.62. The number of nitrogens with one attached hydrogen (secondary N) is 1. The van der Waals surface area contributed by atoms with Gasteiger partial charge in [0.05, 0.1) is 5.69 Å². The van der Waals surface area contributed by atoms with Gasteiger partial charge in [0.1, 0.15) is 5.75 Å². The van der Waals surface area contributed by atoms with E-state index in [-0.39, 0.29) is 22.9 Å². The normalized spacial score (nSPS) is 20.5. The monoisotopic (exact) mass is 369 g/mol. The number of rotatable bonds is 1. The van der Waals surface area contributed by atoms with Crippen molar-refractivity contribution in [1.29, 1.82) is 0 Å². The van der Waals surface area contributed by atoms with Gasteiger partial charge in [0.25, 0.3) is 0 Å². The van der Waals surface area contributed by atoms with Crippen LogP contribution in [-0.4, -0.2) is 10.9 Å². The van der Waals surface area contributed by atoms with Crippen LogP contribution >= 0.6 is 0 Å². The van der Waals surface area contributed by atoms with Crippen molar-refractivity contribution in [1.82, 2.24) is 0 Å². The van der Waals surface area contributed by atoms with Gasteiger partial charge >= 0.3 is 0 Å². The summed E-state index contributed by atoms with van der Waals surface area (Å²) in [6, 6.07) is 19.9. The van der Waals surface area contributed by atoms with E-state index in [0.717, 1.165) is 34.5 Å². The maximum Gasteiger partial charge on any atom is 0.162 e. The number of Topliss-reactive ketones (excluding diaryl/α,β-unsaturated/α-hetero) is 1. The summed E-state index contributed by atoms with van der Waals surface area (Å²) in [7, 11) is 0. The largest absolute Gasteiger partial charge is 0.508 e. The SMILES string of the molecule is CC1(C)CC(=O)C2=C(C1)Nc1c(ccc3ccccc13)[C@H]2c1ccc(O)cc1. The Labute approximate surface area is 164 Å². The summed E-state index contributed by atoms with van der Waals surface area (Å²) in [5.41, 5.74) is 5.13. The zero-order chi connectivity index (χ0) is 19.5. The van der Waals surface area contributed by atoms with E-state index < -0.39 is 0 Å². The van der Waals surface area contributed by atoms with Gasteiger partial charge in [-0.15, -0.1) is 0 Å². The second kappa shape index (κ2) is 5.96. The van der Waals surface area contributed by atoms with Crippen LogP contribution in [0.1, 0.15) is 43.7 Å². The van der Waals surface area contributed by atoms with Gasteiger partial charge in [0, 0.05) is 29.0 Å². The molecule has 28 heavy (non-hydrogen) atoms. The third-order valence-corrected chi connectivity index (χ3v) is 5.98. The molecule has 0 saturated carbocycles. The van der Waals surface area contributed by atoms with Crippen molar-refractivity contribution < 1.29 is 9.90 Å².